The van der Waals surface area contributed by atoms with Crippen LogP contribution in [0.25, 0.3) is 0 Å². The molecule has 0 bridgehead atoms. The van der Waals surface area contributed by atoms with Crippen LogP contribution in [0, 0.1) is 0 Å². The van der Waals surface area contributed by atoms with Gasteiger partial charge < -0.3 is 9.84 Å². The first kappa shape index (κ1) is 20.9. The first-order chi connectivity index (χ1) is 15.3. The number of benzene rings is 4. The maximum Gasteiger partial charge on any atom is 0.119 e. The number of nitrogens with one attached hydrogen (secondary N) is 1. The quantitative estimate of drug-likeness (QED) is 0.382. The highest BCUT2D eigenvalue weighted by Crippen LogP contribution is 2.37. The molecule has 0 saturated heterocycles. The molecule has 4 rings (SSSR count). The number of rotatable bonds is 9. The number of aliphatic hydroxyl groups is 1. The van der Waals surface area contributed by atoms with E-state index >= 15 is 0 Å². The van der Waals surface area contributed by atoms with E-state index in [9.17, 15) is 5.11 Å². The molecular formula is C28H27NO2. The molecule has 2 N–H and O–H groups in total. The number of para-hydroxylation sites is 1. The lowest BCUT2D eigenvalue weighted by atomic mass is 9.76. The Kier molecular flexibility index (Phi) is 6.78. The molecule has 4 aromatic rings. The van der Waals surface area contributed by atoms with Crippen LogP contribution < -0.4 is 10.1 Å². The molecule has 4 aromatic carbocycles. The summed E-state index contributed by atoms with van der Waals surface area (Å²) < 4.78 is 5.99. The lowest BCUT2D eigenvalue weighted by Gasteiger charge is -2.39. The predicted octanol–water partition coefficient (Wildman–Crippen LogP) is 5.01. The van der Waals surface area contributed by atoms with E-state index in [1.165, 1.54) is 0 Å². The molecule has 3 heteroatoms. The minimum absolute atomic E-state index is 0.0545. The van der Waals surface area contributed by atoms with Crippen molar-refractivity contribution in [2.24, 2.45) is 0 Å². The standard InChI is InChI=1S/C28H27NO2/c30-21-26(22-31-27-19-11-4-12-20-27)29-28(23-13-5-1-6-14-23,24-15-7-2-8-16-24)25-17-9-3-10-18-25/h1-20,26,29-30H,21-22H2. The molecule has 31 heavy (non-hydrogen) atoms. The summed E-state index contributed by atoms with van der Waals surface area (Å²) in [6.45, 7) is 0.288. The molecular weight excluding hydrogens is 382 g/mol. The number of hydrogen-bond donors (Lipinski definition) is 2. The third-order valence-electron chi connectivity index (χ3n) is 5.46. The second kappa shape index (κ2) is 10.1. The number of aliphatic hydroxyl groups excluding tert-OH is 1. The predicted molar refractivity (Wildman–Crippen MR) is 125 cm³/mol. The van der Waals surface area contributed by atoms with Gasteiger partial charge in [-0.1, -0.05) is 109 Å². The molecule has 3 nitrogen and oxygen atoms in total. The van der Waals surface area contributed by atoms with Gasteiger partial charge in [-0.15, -0.1) is 0 Å². The lowest BCUT2D eigenvalue weighted by molar-refractivity contribution is 0.166. The van der Waals surface area contributed by atoms with E-state index in [0.29, 0.717) is 6.61 Å². The number of ether oxygens (including phenoxy) is 1. The minimum Gasteiger partial charge on any atom is -0.492 e. The van der Waals surface area contributed by atoms with Crippen LogP contribution in [0.4, 0.5) is 0 Å². The van der Waals surface area contributed by atoms with Crippen molar-refractivity contribution in [1.82, 2.24) is 5.32 Å². The Morgan fingerprint density at radius 3 is 1.39 bits per heavy atom. The van der Waals surface area contributed by atoms with Crippen molar-refractivity contribution >= 4 is 0 Å². The molecule has 0 aliphatic carbocycles. The Labute approximate surface area is 184 Å². The molecule has 0 aliphatic rings. The summed E-state index contributed by atoms with van der Waals surface area (Å²) >= 11 is 0. The monoisotopic (exact) mass is 409 g/mol. The molecule has 0 aliphatic heterocycles. The van der Waals surface area contributed by atoms with Crippen LogP contribution in [0.15, 0.2) is 121 Å². The fraction of sp³-hybridized carbons (Fsp3) is 0.143. The molecule has 0 fully saturated rings. The fourth-order valence-electron chi connectivity index (χ4n) is 3.97. The van der Waals surface area contributed by atoms with Crippen LogP contribution in [-0.4, -0.2) is 24.4 Å². The van der Waals surface area contributed by atoms with Gasteiger partial charge in [-0.25, -0.2) is 0 Å². The van der Waals surface area contributed by atoms with Gasteiger partial charge in [0.15, 0.2) is 0 Å². The Hall–Kier alpha value is -3.40. The Morgan fingerprint density at radius 1 is 0.613 bits per heavy atom. The molecule has 0 saturated carbocycles. The van der Waals surface area contributed by atoms with Crippen molar-refractivity contribution in [1.29, 1.82) is 0 Å². The van der Waals surface area contributed by atoms with Crippen molar-refractivity contribution in [2.45, 2.75) is 11.6 Å². The van der Waals surface area contributed by atoms with Gasteiger partial charge in [0.2, 0.25) is 0 Å². The molecule has 0 heterocycles. The molecule has 0 aromatic heterocycles. The van der Waals surface area contributed by atoms with E-state index in [2.05, 4.69) is 41.7 Å². The summed E-state index contributed by atoms with van der Waals surface area (Å²) in [5.41, 5.74) is 2.67. The van der Waals surface area contributed by atoms with Crippen molar-refractivity contribution in [2.75, 3.05) is 13.2 Å². The third kappa shape index (κ3) is 4.69. The van der Waals surface area contributed by atoms with Gasteiger partial charge in [0.05, 0.1) is 18.2 Å². The molecule has 0 amide bonds. The summed E-state index contributed by atoms with van der Waals surface area (Å²) in [5.74, 6) is 0.785. The summed E-state index contributed by atoms with van der Waals surface area (Å²) in [6, 6.07) is 40.5. The van der Waals surface area contributed by atoms with Crippen LogP contribution in [0.5, 0.6) is 5.75 Å². The molecule has 1 unspecified atom stereocenters. The SMILES string of the molecule is OCC(COc1ccccc1)NC(c1ccccc1)(c1ccccc1)c1ccccc1. The second-order valence-corrected chi connectivity index (χ2v) is 7.50. The molecule has 0 spiro atoms. The Morgan fingerprint density at radius 2 is 1.00 bits per heavy atom. The molecule has 0 radical (unpaired) electrons. The van der Waals surface area contributed by atoms with Crippen LogP contribution in [0.2, 0.25) is 0 Å². The highest BCUT2D eigenvalue weighted by molar-refractivity contribution is 5.49. The van der Waals surface area contributed by atoms with Crippen molar-refractivity contribution in [3.05, 3.63) is 138 Å². The highest BCUT2D eigenvalue weighted by atomic mass is 16.5. The largest absolute Gasteiger partial charge is 0.492 e. The van der Waals surface area contributed by atoms with Gasteiger partial charge in [0.1, 0.15) is 12.4 Å². The van der Waals surface area contributed by atoms with E-state index in [1.54, 1.807) is 0 Å². The van der Waals surface area contributed by atoms with E-state index in [1.807, 2.05) is 84.9 Å². The maximum atomic E-state index is 10.3. The smallest absolute Gasteiger partial charge is 0.119 e. The van der Waals surface area contributed by atoms with E-state index in [0.717, 1.165) is 22.4 Å². The van der Waals surface area contributed by atoms with Gasteiger partial charge in [0, 0.05) is 0 Å². The second-order valence-electron chi connectivity index (χ2n) is 7.50. The Balaban J connectivity index is 1.77. The van der Waals surface area contributed by atoms with Gasteiger partial charge in [-0.2, -0.15) is 0 Å². The average Bonchev–Trinajstić information content (AvgIpc) is 2.87. The van der Waals surface area contributed by atoms with Crippen LogP contribution >= 0.6 is 0 Å². The van der Waals surface area contributed by atoms with Crippen LogP contribution in [-0.2, 0) is 5.54 Å². The lowest BCUT2D eigenvalue weighted by Crippen LogP contribution is -2.53. The normalized spacial score (nSPS) is 12.3. The first-order valence-electron chi connectivity index (χ1n) is 10.6. The van der Waals surface area contributed by atoms with Crippen molar-refractivity contribution in [3.8, 4) is 5.75 Å². The zero-order valence-electron chi connectivity index (χ0n) is 17.4. The summed E-state index contributed by atoms with van der Waals surface area (Å²) in [5, 5.41) is 14.0. The highest BCUT2D eigenvalue weighted by Gasteiger charge is 2.38. The average molecular weight is 410 g/mol. The van der Waals surface area contributed by atoms with Crippen LogP contribution in [0.1, 0.15) is 16.7 Å². The number of hydrogen-bond acceptors (Lipinski definition) is 3. The molecule has 1 atom stereocenters. The molecule has 156 valence electrons. The zero-order chi connectivity index (χ0) is 21.4. The van der Waals surface area contributed by atoms with Gasteiger partial charge in [0.25, 0.3) is 0 Å². The van der Waals surface area contributed by atoms with E-state index in [4.69, 9.17) is 4.74 Å². The fourth-order valence-corrected chi connectivity index (χ4v) is 3.97. The Bertz CT molecular complexity index is 941. The van der Waals surface area contributed by atoms with Crippen LogP contribution in [0.3, 0.4) is 0 Å². The summed E-state index contributed by atoms with van der Waals surface area (Å²) in [7, 11) is 0. The zero-order valence-corrected chi connectivity index (χ0v) is 17.4. The van der Waals surface area contributed by atoms with Crippen molar-refractivity contribution in [3.63, 3.8) is 0 Å². The van der Waals surface area contributed by atoms with Gasteiger partial charge >= 0.3 is 0 Å². The summed E-state index contributed by atoms with van der Waals surface area (Å²) in [6.07, 6.45) is 0. The summed E-state index contributed by atoms with van der Waals surface area (Å²) in [4.78, 5) is 0. The van der Waals surface area contributed by atoms with Gasteiger partial charge in [-0.05, 0) is 28.8 Å². The third-order valence-corrected chi connectivity index (χ3v) is 5.46. The van der Waals surface area contributed by atoms with Crippen molar-refractivity contribution < 1.29 is 9.84 Å². The van der Waals surface area contributed by atoms with E-state index in [-0.39, 0.29) is 12.6 Å². The minimum atomic E-state index is -0.642. The maximum absolute atomic E-state index is 10.3. The van der Waals surface area contributed by atoms with E-state index < -0.39 is 5.54 Å². The topological polar surface area (TPSA) is 41.5 Å². The first-order valence-corrected chi connectivity index (χ1v) is 10.6. The van der Waals surface area contributed by atoms with Gasteiger partial charge in [-0.3, -0.25) is 5.32 Å².